The number of halogens is 1. The number of nitrogens with one attached hydrogen (secondary N) is 1. The number of nitrogens with zero attached hydrogens (tertiary/aromatic N) is 1. The molecular weight excluding hydrogens is 447 g/mol. The van der Waals surface area contributed by atoms with Crippen molar-refractivity contribution in [1.29, 1.82) is 0 Å². The summed E-state index contributed by atoms with van der Waals surface area (Å²) in [5.41, 5.74) is 3.13. The van der Waals surface area contributed by atoms with Crippen LogP contribution in [0, 0.1) is 11.7 Å². The Balaban J connectivity index is 1.54. The molecule has 3 aromatic carbocycles. The molecule has 3 aromatic rings. The van der Waals surface area contributed by atoms with Gasteiger partial charge in [-0.2, -0.15) is 0 Å². The minimum Gasteiger partial charge on any atom is -0.352 e. The molecule has 34 heavy (non-hydrogen) atoms. The van der Waals surface area contributed by atoms with E-state index in [1.54, 1.807) is 29.2 Å². The van der Waals surface area contributed by atoms with Gasteiger partial charge in [0.25, 0.3) is 11.8 Å². The van der Waals surface area contributed by atoms with Crippen molar-refractivity contribution in [2.24, 2.45) is 5.92 Å². The first-order chi connectivity index (χ1) is 16.4. The Labute approximate surface area is 203 Å². The van der Waals surface area contributed by atoms with Crippen molar-refractivity contribution in [2.45, 2.75) is 31.7 Å². The number of anilines is 1. The second kappa shape index (κ2) is 10.7. The molecule has 0 bridgehead atoms. The van der Waals surface area contributed by atoms with Crippen LogP contribution in [0.25, 0.3) is 6.08 Å². The molecule has 4 rings (SSSR count). The van der Waals surface area contributed by atoms with E-state index in [1.807, 2.05) is 42.5 Å². The number of carbonyl (C=O) groups excluding carboxylic acids is 2. The van der Waals surface area contributed by atoms with E-state index in [9.17, 15) is 14.0 Å². The maximum Gasteiger partial charge on any atom is 0.265 e. The average Bonchev–Trinajstić information content (AvgIpc) is 2.83. The molecule has 4 nitrogen and oxygen atoms in total. The van der Waals surface area contributed by atoms with E-state index >= 15 is 0 Å². The Bertz CT molecular complexity index is 1200. The molecule has 0 aliphatic carbocycles. The largest absolute Gasteiger partial charge is 0.352 e. The van der Waals surface area contributed by atoms with Crippen molar-refractivity contribution in [1.82, 2.24) is 5.32 Å². The van der Waals surface area contributed by atoms with Crippen LogP contribution in [0.3, 0.4) is 0 Å². The van der Waals surface area contributed by atoms with Crippen molar-refractivity contribution >= 4 is 35.3 Å². The predicted octanol–water partition coefficient (Wildman–Crippen LogP) is 6.28. The van der Waals surface area contributed by atoms with Crippen molar-refractivity contribution in [2.75, 3.05) is 11.4 Å². The second-order valence-corrected chi connectivity index (χ2v) is 9.74. The molecule has 1 heterocycles. The van der Waals surface area contributed by atoms with Crippen LogP contribution in [0.15, 0.2) is 82.6 Å². The van der Waals surface area contributed by atoms with E-state index in [1.165, 1.54) is 23.9 Å². The molecule has 6 heteroatoms. The summed E-state index contributed by atoms with van der Waals surface area (Å²) < 4.78 is 13.3. The molecular formula is C28H27FN2O2S. The molecule has 0 saturated heterocycles. The standard InChI is InChI=1S/C28H27FN2O2S/c1-19(2)15-16-30-27(32)22-11-7-20(8-12-22)17-26-28(33)31(18-21-9-13-23(29)14-10-21)24-5-3-4-6-25(24)34-26/h3-14,17,19H,15-16,18H2,1-2H3,(H,30,32). The van der Waals surface area contributed by atoms with Gasteiger partial charge in [-0.25, -0.2) is 4.39 Å². The number of thioether (sulfide) groups is 1. The highest BCUT2D eigenvalue weighted by molar-refractivity contribution is 8.04. The molecule has 0 aromatic heterocycles. The normalized spacial score (nSPS) is 14.4. The molecule has 0 spiro atoms. The second-order valence-electron chi connectivity index (χ2n) is 8.66. The number of para-hydroxylation sites is 1. The van der Waals surface area contributed by atoms with Gasteiger partial charge in [0, 0.05) is 17.0 Å². The van der Waals surface area contributed by atoms with Crippen molar-refractivity contribution < 1.29 is 14.0 Å². The Morgan fingerprint density at radius 3 is 2.44 bits per heavy atom. The minimum atomic E-state index is -0.303. The fraction of sp³-hybridized carbons (Fsp3) is 0.214. The first kappa shape index (κ1) is 23.8. The number of benzene rings is 3. The lowest BCUT2D eigenvalue weighted by atomic mass is 10.1. The van der Waals surface area contributed by atoms with Crippen LogP contribution in [-0.4, -0.2) is 18.4 Å². The summed E-state index contributed by atoms with van der Waals surface area (Å²) in [6.45, 7) is 5.25. The summed E-state index contributed by atoms with van der Waals surface area (Å²) in [7, 11) is 0. The SMILES string of the molecule is CC(C)CCNC(=O)c1ccc(C=C2Sc3ccccc3N(Cc3ccc(F)cc3)C2=O)cc1. The van der Waals surface area contributed by atoms with Gasteiger partial charge in [0.05, 0.1) is 17.1 Å². The highest BCUT2D eigenvalue weighted by atomic mass is 32.2. The molecule has 1 aliphatic heterocycles. The van der Waals surface area contributed by atoms with Gasteiger partial charge in [-0.05, 0) is 65.9 Å². The van der Waals surface area contributed by atoms with E-state index in [2.05, 4.69) is 19.2 Å². The molecule has 174 valence electrons. The maximum absolute atomic E-state index is 13.4. The zero-order valence-electron chi connectivity index (χ0n) is 19.3. The molecule has 2 amide bonds. The summed E-state index contributed by atoms with van der Waals surface area (Å²) in [4.78, 5) is 29.0. The minimum absolute atomic E-state index is 0.0950. The van der Waals surface area contributed by atoms with Crippen LogP contribution in [-0.2, 0) is 11.3 Å². The van der Waals surface area contributed by atoms with Crippen LogP contribution in [0.1, 0.15) is 41.8 Å². The van der Waals surface area contributed by atoms with Gasteiger partial charge in [0.1, 0.15) is 5.82 Å². The molecule has 0 radical (unpaired) electrons. The molecule has 0 unspecified atom stereocenters. The average molecular weight is 475 g/mol. The monoisotopic (exact) mass is 474 g/mol. The number of carbonyl (C=O) groups is 2. The van der Waals surface area contributed by atoms with Crippen LogP contribution in [0.5, 0.6) is 0 Å². The van der Waals surface area contributed by atoms with E-state index in [4.69, 9.17) is 0 Å². The van der Waals surface area contributed by atoms with Gasteiger partial charge in [0.2, 0.25) is 0 Å². The number of rotatable bonds is 7. The van der Waals surface area contributed by atoms with Crippen LogP contribution < -0.4 is 10.2 Å². The van der Waals surface area contributed by atoms with Crippen molar-refractivity contribution in [3.05, 3.63) is 100 Å². The molecule has 0 fully saturated rings. The quantitative estimate of drug-likeness (QED) is 0.410. The number of amides is 2. The van der Waals surface area contributed by atoms with Gasteiger partial charge in [0.15, 0.2) is 0 Å². The Morgan fingerprint density at radius 1 is 1.03 bits per heavy atom. The third-order valence-corrected chi connectivity index (χ3v) is 6.64. The van der Waals surface area contributed by atoms with Gasteiger partial charge >= 0.3 is 0 Å². The zero-order chi connectivity index (χ0) is 24.1. The molecule has 1 aliphatic rings. The topological polar surface area (TPSA) is 49.4 Å². The van der Waals surface area contributed by atoms with E-state index in [0.29, 0.717) is 29.5 Å². The fourth-order valence-electron chi connectivity index (χ4n) is 3.65. The lowest BCUT2D eigenvalue weighted by Crippen LogP contribution is -2.33. The fourth-order valence-corrected chi connectivity index (χ4v) is 4.71. The lowest BCUT2D eigenvalue weighted by molar-refractivity contribution is -0.114. The van der Waals surface area contributed by atoms with Crippen molar-refractivity contribution in [3.63, 3.8) is 0 Å². The van der Waals surface area contributed by atoms with Gasteiger partial charge in [-0.3, -0.25) is 9.59 Å². The van der Waals surface area contributed by atoms with Crippen LogP contribution in [0.2, 0.25) is 0 Å². The zero-order valence-corrected chi connectivity index (χ0v) is 20.1. The van der Waals surface area contributed by atoms with E-state index in [-0.39, 0.29) is 17.6 Å². The summed E-state index contributed by atoms with van der Waals surface area (Å²) in [6.07, 6.45) is 2.78. The Kier molecular flexibility index (Phi) is 7.48. The van der Waals surface area contributed by atoms with E-state index < -0.39 is 0 Å². The van der Waals surface area contributed by atoms with Crippen LogP contribution >= 0.6 is 11.8 Å². The molecule has 1 N–H and O–H groups in total. The first-order valence-corrected chi connectivity index (χ1v) is 12.2. The summed E-state index contributed by atoms with van der Waals surface area (Å²) in [5.74, 6) is 0.0285. The predicted molar refractivity (Wildman–Crippen MR) is 136 cm³/mol. The third-order valence-electron chi connectivity index (χ3n) is 5.56. The molecule has 0 saturated carbocycles. The Hall–Kier alpha value is -3.38. The molecule has 0 atom stereocenters. The van der Waals surface area contributed by atoms with Gasteiger partial charge in [-0.15, -0.1) is 0 Å². The summed E-state index contributed by atoms with van der Waals surface area (Å²) in [6, 6.07) is 21.2. The van der Waals surface area contributed by atoms with Gasteiger partial charge in [-0.1, -0.05) is 62.0 Å². The smallest absolute Gasteiger partial charge is 0.265 e. The number of hydrogen-bond acceptors (Lipinski definition) is 3. The highest BCUT2D eigenvalue weighted by Crippen LogP contribution is 2.42. The van der Waals surface area contributed by atoms with E-state index in [0.717, 1.165) is 28.1 Å². The summed E-state index contributed by atoms with van der Waals surface area (Å²) >= 11 is 1.43. The lowest BCUT2D eigenvalue weighted by Gasteiger charge is -2.30. The Morgan fingerprint density at radius 2 is 1.74 bits per heavy atom. The van der Waals surface area contributed by atoms with Crippen LogP contribution in [0.4, 0.5) is 10.1 Å². The number of hydrogen-bond donors (Lipinski definition) is 1. The third kappa shape index (κ3) is 5.75. The van der Waals surface area contributed by atoms with Gasteiger partial charge < -0.3 is 10.2 Å². The highest BCUT2D eigenvalue weighted by Gasteiger charge is 2.29. The number of fused-ring (bicyclic) bond motifs is 1. The summed E-state index contributed by atoms with van der Waals surface area (Å²) in [5, 5.41) is 2.94. The maximum atomic E-state index is 13.4. The van der Waals surface area contributed by atoms with Crippen molar-refractivity contribution in [3.8, 4) is 0 Å². The first-order valence-electron chi connectivity index (χ1n) is 11.3.